The lowest BCUT2D eigenvalue weighted by Gasteiger charge is -2.27. The normalized spacial score (nSPS) is 33.0. The zero-order valence-corrected chi connectivity index (χ0v) is 10.5. The van der Waals surface area contributed by atoms with E-state index in [9.17, 15) is 5.11 Å². The van der Waals surface area contributed by atoms with E-state index in [0.29, 0.717) is 6.61 Å². The van der Waals surface area contributed by atoms with Crippen LogP contribution in [0.5, 0.6) is 0 Å². The second kappa shape index (κ2) is 5.86. The Labute approximate surface area is 94.0 Å². The molecule has 2 unspecified atom stereocenters. The zero-order valence-electron chi connectivity index (χ0n) is 10.5. The number of rotatable bonds is 4. The van der Waals surface area contributed by atoms with Gasteiger partial charge in [-0.25, -0.2) is 0 Å². The van der Waals surface area contributed by atoms with Crippen molar-refractivity contribution < 1.29 is 9.84 Å². The van der Waals surface area contributed by atoms with Crippen LogP contribution in [0.4, 0.5) is 0 Å². The molecule has 1 aliphatic carbocycles. The molecule has 1 aliphatic rings. The maximum atomic E-state index is 10.4. The second-order valence-corrected chi connectivity index (χ2v) is 5.29. The van der Waals surface area contributed by atoms with Gasteiger partial charge in [0.2, 0.25) is 0 Å². The van der Waals surface area contributed by atoms with Gasteiger partial charge in [-0.1, -0.05) is 26.2 Å². The smallest absolute Gasteiger partial charge is 0.0880 e. The summed E-state index contributed by atoms with van der Waals surface area (Å²) in [6.45, 7) is 6.81. The highest BCUT2D eigenvalue weighted by Crippen LogP contribution is 2.32. The highest BCUT2D eigenvalue weighted by molar-refractivity contribution is 4.83. The van der Waals surface area contributed by atoms with Crippen LogP contribution in [0.3, 0.4) is 0 Å². The summed E-state index contributed by atoms with van der Waals surface area (Å²) in [4.78, 5) is 0. The molecule has 1 rings (SSSR count). The third-order valence-corrected chi connectivity index (χ3v) is 3.54. The molecule has 0 aliphatic heterocycles. The summed E-state index contributed by atoms with van der Waals surface area (Å²) in [6, 6.07) is 0. The van der Waals surface area contributed by atoms with Gasteiger partial charge in [-0.2, -0.15) is 0 Å². The molecule has 0 aromatic heterocycles. The van der Waals surface area contributed by atoms with Crippen LogP contribution in [0.25, 0.3) is 0 Å². The fourth-order valence-corrected chi connectivity index (χ4v) is 2.34. The molecule has 90 valence electrons. The van der Waals surface area contributed by atoms with Crippen LogP contribution in [0, 0.1) is 5.92 Å². The summed E-state index contributed by atoms with van der Waals surface area (Å²) in [5.41, 5.74) is -0.547. The second-order valence-electron chi connectivity index (χ2n) is 5.29. The van der Waals surface area contributed by atoms with Gasteiger partial charge in [0, 0.05) is 0 Å². The first kappa shape index (κ1) is 13.0. The average molecular weight is 214 g/mol. The standard InChI is InChI=1S/C13H26O2/c1-4-12-6-5-8-13(14,9-7-12)10-15-11(2)3/h11-12,14H,4-10H2,1-3H3. The Balaban J connectivity index is 2.39. The van der Waals surface area contributed by atoms with Gasteiger partial charge in [-0.05, 0) is 39.0 Å². The van der Waals surface area contributed by atoms with Crippen molar-refractivity contribution in [3.63, 3.8) is 0 Å². The molecule has 0 saturated heterocycles. The van der Waals surface area contributed by atoms with Gasteiger partial charge in [0.15, 0.2) is 0 Å². The van der Waals surface area contributed by atoms with Gasteiger partial charge < -0.3 is 9.84 Å². The van der Waals surface area contributed by atoms with Crippen LogP contribution < -0.4 is 0 Å². The minimum Gasteiger partial charge on any atom is -0.387 e. The fourth-order valence-electron chi connectivity index (χ4n) is 2.34. The topological polar surface area (TPSA) is 29.5 Å². The zero-order chi connectivity index (χ0) is 11.3. The molecule has 1 fully saturated rings. The third kappa shape index (κ3) is 4.52. The summed E-state index contributed by atoms with van der Waals surface area (Å²) in [6.07, 6.45) is 6.89. The molecule has 15 heavy (non-hydrogen) atoms. The van der Waals surface area contributed by atoms with Crippen molar-refractivity contribution >= 4 is 0 Å². The van der Waals surface area contributed by atoms with E-state index in [1.165, 1.54) is 12.8 Å². The largest absolute Gasteiger partial charge is 0.387 e. The fraction of sp³-hybridized carbons (Fsp3) is 1.00. The van der Waals surface area contributed by atoms with E-state index >= 15 is 0 Å². The minimum absolute atomic E-state index is 0.222. The quantitative estimate of drug-likeness (QED) is 0.729. The van der Waals surface area contributed by atoms with E-state index in [2.05, 4.69) is 6.92 Å². The Bertz CT molecular complexity index is 179. The maximum absolute atomic E-state index is 10.4. The highest BCUT2D eigenvalue weighted by Gasteiger charge is 2.30. The molecule has 2 heteroatoms. The molecule has 0 aromatic rings. The number of aliphatic hydroxyl groups is 1. The summed E-state index contributed by atoms with van der Waals surface area (Å²) < 4.78 is 5.56. The van der Waals surface area contributed by atoms with Crippen molar-refractivity contribution in [2.75, 3.05) is 6.61 Å². The van der Waals surface area contributed by atoms with Crippen molar-refractivity contribution in [3.8, 4) is 0 Å². The van der Waals surface area contributed by atoms with Crippen molar-refractivity contribution in [3.05, 3.63) is 0 Å². The van der Waals surface area contributed by atoms with Crippen molar-refractivity contribution in [2.45, 2.75) is 71.0 Å². The summed E-state index contributed by atoms with van der Waals surface area (Å²) in [5.74, 6) is 0.818. The molecule has 0 heterocycles. The van der Waals surface area contributed by atoms with E-state index in [1.807, 2.05) is 13.8 Å². The summed E-state index contributed by atoms with van der Waals surface area (Å²) in [5, 5.41) is 10.4. The first-order valence-electron chi connectivity index (χ1n) is 6.40. The third-order valence-electron chi connectivity index (χ3n) is 3.54. The van der Waals surface area contributed by atoms with Crippen molar-refractivity contribution in [2.24, 2.45) is 5.92 Å². The van der Waals surface area contributed by atoms with Crippen LogP contribution in [0.15, 0.2) is 0 Å². The molecule has 1 N–H and O–H groups in total. The maximum Gasteiger partial charge on any atom is 0.0880 e. The van der Waals surface area contributed by atoms with Gasteiger partial charge in [-0.15, -0.1) is 0 Å². The van der Waals surface area contributed by atoms with E-state index in [0.717, 1.165) is 31.6 Å². The number of hydrogen-bond donors (Lipinski definition) is 1. The van der Waals surface area contributed by atoms with Gasteiger partial charge in [0.25, 0.3) is 0 Å². The summed E-state index contributed by atoms with van der Waals surface area (Å²) in [7, 11) is 0. The van der Waals surface area contributed by atoms with Crippen LogP contribution in [0.1, 0.15) is 59.3 Å². The van der Waals surface area contributed by atoms with E-state index in [4.69, 9.17) is 4.74 Å². The Hall–Kier alpha value is -0.0800. The molecule has 2 nitrogen and oxygen atoms in total. The van der Waals surface area contributed by atoms with E-state index in [-0.39, 0.29) is 6.10 Å². The molecule has 1 saturated carbocycles. The van der Waals surface area contributed by atoms with Gasteiger partial charge in [0.05, 0.1) is 18.3 Å². The van der Waals surface area contributed by atoms with Crippen LogP contribution >= 0.6 is 0 Å². The Morgan fingerprint density at radius 2 is 2.07 bits per heavy atom. The van der Waals surface area contributed by atoms with Gasteiger partial charge in [-0.3, -0.25) is 0 Å². The summed E-state index contributed by atoms with van der Waals surface area (Å²) >= 11 is 0. The lowest BCUT2D eigenvalue weighted by Crippen LogP contribution is -2.35. The molecule has 0 radical (unpaired) electrons. The highest BCUT2D eigenvalue weighted by atomic mass is 16.5. The van der Waals surface area contributed by atoms with E-state index in [1.54, 1.807) is 0 Å². The van der Waals surface area contributed by atoms with Crippen LogP contribution in [-0.4, -0.2) is 23.4 Å². The average Bonchev–Trinajstić information content (AvgIpc) is 2.38. The molecular weight excluding hydrogens is 188 g/mol. The lowest BCUT2D eigenvalue weighted by atomic mass is 9.93. The van der Waals surface area contributed by atoms with E-state index < -0.39 is 5.60 Å². The van der Waals surface area contributed by atoms with Crippen LogP contribution in [-0.2, 0) is 4.74 Å². The molecule has 0 amide bonds. The van der Waals surface area contributed by atoms with Crippen molar-refractivity contribution in [1.29, 1.82) is 0 Å². The van der Waals surface area contributed by atoms with Gasteiger partial charge >= 0.3 is 0 Å². The Kier molecular flexibility index (Phi) is 5.07. The minimum atomic E-state index is -0.547. The molecule has 0 bridgehead atoms. The lowest BCUT2D eigenvalue weighted by molar-refractivity contribution is -0.0730. The predicted molar refractivity (Wildman–Crippen MR) is 62.9 cm³/mol. The van der Waals surface area contributed by atoms with Crippen molar-refractivity contribution in [1.82, 2.24) is 0 Å². The van der Waals surface area contributed by atoms with Gasteiger partial charge in [0.1, 0.15) is 0 Å². The number of hydrogen-bond acceptors (Lipinski definition) is 2. The molecule has 0 spiro atoms. The first-order valence-corrected chi connectivity index (χ1v) is 6.40. The predicted octanol–water partition coefficient (Wildman–Crippen LogP) is 3.13. The molecule has 2 atom stereocenters. The molecular formula is C13H26O2. The first-order chi connectivity index (χ1) is 7.06. The number of ether oxygens (including phenoxy) is 1. The SMILES string of the molecule is CCC1CCCC(O)(COC(C)C)CC1. The van der Waals surface area contributed by atoms with Crippen LogP contribution in [0.2, 0.25) is 0 Å². The monoisotopic (exact) mass is 214 g/mol. The molecule has 0 aromatic carbocycles. The Morgan fingerprint density at radius 3 is 2.67 bits per heavy atom. The Morgan fingerprint density at radius 1 is 1.33 bits per heavy atom.